The van der Waals surface area contributed by atoms with Gasteiger partial charge in [0.2, 0.25) is 5.91 Å². The third kappa shape index (κ3) is 5.64. The van der Waals surface area contributed by atoms with Crippen molar-refractivity contribution in [3.8, 4) is 16.8 Å². The molecular formula is C33H34ClN7O2S. The van der Waals surface area contributed by atoms with Gasteiger partial charge in [-0.05, 0) is 62.2 Å². The number of nitrogens with zero attached hydrogens (tertiary/aromatic N) is 6. The Labute approximate surface area is 266 Å². The highest BCUT2D eigenvalue weighted by Gasteiger charge is 2.34. The molecule has 226 valence electrons. The Hall–Kier alpha value is -4.01. The van der Waals surface area contributed by atoms with E-state index >= 15 is 0 Å². The molecule has 0 aliphatic carbocycles. The largest absolute Gasteiger partial charge is 0.392 e. The summed E-state index contributed by atoms with van der Waals surface area (Å²) in [6, 6.07) is 13.1. The predicted molar refractivity (Wildman–Crippen MR) is 175 cm³/mol. The summed E-state index contributed by atoms with van der Waals surface area (Å²) in [5.41, 5.74) is 12.0. The molecule has 1 amide bonds. The number of aromatic nitrogens is 3. The number of hydrogen-bond donors (Lipinski definition) is 2. The normalized spacial score (nSPS) is 16.0. The van der Waals surface area contributed by atoms with Gasteiger partial charge in [-0.1, -0.05) is 35.6 Å². The first-order valence-corrected chi connectivity index (χ1v) is 15.8. The van der Waals surface area contributed by atoms with Crippen LogP contribution in [0.4, 0.5) is 5.69 Å². The van der Waals surface area contributed by atoms with Crippen molar-refractivity contribution >= 4 is 40.2 Å². The maximum Gasteiger partial charge on any atom is 0.225 e. The van der Waals surface area contributed by atoms with Crippen LogP contribution in [0.2, 0.25) is 5.02 Å². The fourth-order valence-corrected chi connectivity index (χ4v) is 7.16. The smallest absolute Gasteiger partial charge is 0.225 e. The highest BCUT2D eigenvalue weighted by Crippen LogP contribution is 2.39. The number of aliphatic hydroxyl groups is 1. The van der Waals surface area contributed by atoms with E-state index in [1.54, 1.807) is 11.3 Å². The number of carbonyl (C=O) groups is 1. The predicted octanol–water partition coefficient (Wildman–Crippen LogP) is 4.34. The molecule has 44 heavy (non-hydrogen) atoms. The maximum atomic E-state index is 13.8. The number of nitrogens with two attached hydrogens (primary N) is 1. The number of benzene rings is 2. The van der Waals surface area contributed by atoms with E-state index in [1.165, 1.54) is 4.88 Å². The fourth-order valence-electron chi connectivity index (χ4n) is 5.82. The Bertz CT molecular complexity index is 1810. The van der Waals surface area contributed by atoms with Crippen molar-refractivity contribution < 1.29 is 9.90 Å². The van der Waals surface area contributed by atoms with Crippen molar-refractivity contribution in [2.75, 3.05) is 37.6 Å². The summed E-state index contributed by atoms with van der Waals surface area (Å²) in [4.78, 5) is 24.4. The molecule has 1 saturated heterocycles. The number of fused-ring (bicyclic) bond motifs is 3. The number of aliphatic imine (C=N–C) groups is 1. The average molecular weight is 628 g/mol. The van der Waals surface area contributed by atoms with Crippen molar-refractivity contribution in [1.29, 1.82) is 0 Å². The molecule has 3 N–H and O–H groups in total. The highest BCUT2D eigenvalue weighted by atomic mass is 35.5. The zero-order chi connectivity index (χ0) is 31.0. The number of carbonyl (C=O) groups excluding carboxylic acids is 1. The quantitative estimate of drug-likeness (QED) is 0.318. The minimum absolute atomic E-state index is 0.0303. The molecule has 4 heterocycles. The van der Waals surface area contributed by atoms with E-state index in [2.05, 4.69) is 45.4 Å². The van der Waals surface area contributed by atoms with Crippen LogP contribution in [0.1, 0.15) is 56.8 Å². The molecule has 0 bridgehead atoms. The Morgan fingerprint density at radius 1 is 1.09 bits per heavy atom. The number of thiophene rings is 1. The van der Waals surface area contributed by atoms with Gasteiger partial charge < -0.3 is 20.6 Å². The van der Waals surface area contributed by atoms with E-state index in [0.29, 0.717) is 37.0 Å². The third-order valence-corrected chi connectivity index (χ3v) is 9.75. The molecule has 2 aliphatic heterocycles. The summed E-state index contributed by atoms with van der Waals surface area (Å²) in [5.74, 6) is 7.34. The van der Waals surface area contributed by atoms with Gasteiger partial charge in [0.05, 0.1) is 25.3 Å². The number of piperazine rings is 1. The van der Waals surface area contributed by atoms with Crippen LogP contribution in [0, 0.1) is 32.6 Å². The van der Waals surface area contributed by atoms with Crippen molar-refractivity contribution in [3.05, 3.63) is 91.8 Å². The second-order valence-corrected chi connectivity index (χ2v) is 12.6. The van der Waals surface area contributed by atoms with Gasteiger partial charge in [0.25, 0.3) is 0 Å². The van der Waals surface area contributed by atoms with Crippen LogP contribution >= 0.6 is 22.9 Å². The lowest BCUT2D eigenvalue weighted by Gasteiger charge is -2.36. The van der Waals surface area contributed by atoms with Crippen LogP contribution in [0.5, 0.6) is 0 Å². The minimum atomic E-state index is -0.499. The first kappa shape index (κ1) is 30.0. The van der Waals surface area contributed by atoms with Crippen LogP contribution in [-0.4, -0.2) is 69.1 Å². The number of anilines is 1. The number of halogens is 1. The van der Waals surface area contributed by atoms with Crippen molar-refractivity contribution in [1.82, 2.24) is 19.7 Å². The number of rotatable bonds is 5. The zero-order valence-corrected chi connectivity index (χ0v) is 26.5. The average Bonchev–Trinajstić information content (AvgIpc) is 3.52. The van der Waals surface area contributed by atoms with Gasteiger partial charge in [-0.15, -0.1) is 21.5 Å². The summed E-state index contributed by atoms with van der Waals surface area (Å²) in [5, 5.41) is 20.5. The number of hydrogen-bond acceptors (Lipinski definition) is 8. The second-order valence-electron chi connectivity index (χ2n) is 11.0. The molecule has 11 heteroatoms. The Morgan fingerprint density at radius 2 is 1.84 bits per heavy atom. The molecule has 1 fully saturated rings. The number of aliphatic hydroxyl groups excluding tert-OH is 1. The van der Waals surface area contributed by atoms with Gasteiger partial charge in [-0.3, -0.25) is 14.4 Å². The van der Waals surface area contributed by atoms with Gasteiger partial charge in [0, 0.05) is 58.5 Å². The number of aryl methyl sites for hydroxylation is 2. The highest BCUT2D eigenvalue weighted by molar-refractivity contribution is 7.15. The molecule has 9 nitrogen and oxygen atoms in total. The maximum absolute atomic E-state index is 13.8. The van der Waals surface area contributed by atoms with Crippen LogP contribution < -0.4 is 10.6 Å². The van der Waals surface area contributed by atoms with Gasteiger partial charge in [0.15, 0.2) is 5.82 Å². The van der Waals surface area contributed by atoms with Gasteiger partial charge >= 0.3 is 0 Å². The SMILES string of the molecule is Cc1sc2c(c1C)C(c1ccc(Cl)cc1)=N[C@@H](CC(=O)N1CCN(c3ccc(C#CCN)c(CO)c3)CC1)c1nnc(C)n1-2. The molecule has 2 aromatic heterocycles. The Morgan fingerprint density at radius 3 is 2.55 bits per heavy atom. The van der Waals surface area contributed by atoms with Gasteiger partial charge in [-0.25, -0.2) is 0 Å². The lowest BCUT2D eigenvalue weighted by molar-refractivity contribution is -0.131. The second kappa shape index (κ2) is 12.5. The van der Waals surface area contributed by atoms with Crippen molar-refractivity contribution in [2.24, 2.45) is 10.7 Å². The first-order chi connectivity index (χ1) is 21.3. The summed E-state index contributed by atoms with van der Waals surface area (Å²) in [6.07, 6.45) is 0.186. The van der Waals surface area contributed by atoms with E-state index in [1.807, 2.05) is 54.3 Å². The molecule has 2 aliphatic rings. The standard InChI is InChI=1S/C33H34ClN7O2S/c1-20-21(2)44-33-30(20)31(24-6-9-26(34)10-7-24)36-28(32-38-37-22(3)41(32)33)18-29(43)40-15-13-39(14-16-40)27-11-8-23(5-4-12-35)25(17-27)19-42/h6-11,17,28,42H,12-16,18-19,35H2,1-3H3/t28-/m0/s1. The van der Waals surface area contributed by atoms with E-state index < -0.39 is 6.04 Å². The van der Waals surface area contributed by atoms with E-state index in [-0.39, 0.29) is 25.5 Å². The van der Waals surface area contributed by atoms with Gasteiger partial charge in [0.1, 0.15) is 16.9 Å². The molecule has 6 rings (SSSR count). The summed E-state index contributed by atoms with van der Waals surface area (Å²) >= 11 is 7.93. The lowest BCUT2D eigenvalue weighted by Crippen LogP contribution is -2.49. The first-order valence-electron chi connectivity index (χ1n) is 14.6. The minimum Gasteiger partial charge on any atom is -0.392 e. The molecular weight excluding hydrogens is 594 g/mol. The third-order valence-electron chi connectivity index (χ3n) is 8.31. The summed E-state index contributed by atoms with van der Waals surface area (Å²) in [7, 11) is 0. The van der Waals surface area contributed by atoms with Crippen LogP contribution in [-0.2, 0) is 11.4 Å². The summed E-state index contributed by atoms with van der Waals surface area (Å²) in [6.45, 7) is 8.86. The molecule has 2 aromatic carbocycles. The topological polar surface area (TPSA) is 113 Å². The van der Waals surface area contributed by atoms with Crippen LogP contribution in [0.3, 0.4) is 0 Å². The Kier molecular flexibility index (Phi) is 8.56. The van der Waals surface area contributed by atoms with E-state index in [4.69, 9.17) is 22.3 Å². The molecule has 0 spiro atoms. The van der Waals surface area contributed by atoms with Crippen molar-refractivity contribution in [3.63, 3.8) is 0 Å². The monoisotopic (exact) mass is 627 g/mol. The molecule has 4 aromatic rings. The van der Waals surface area contributed by atoms with Crippen LogP contribution in [0.15, 0.2) is 47.5 Å². The fraction of sp³-hybridized carbons (Fsp3) is 0.333. The number of amides is 1. The molecule has 0 unspecified atom stereocenters. The summed E-state index contributed by atoms with van der Waals surface area (Å²) < 4.78 is 2.07. The lowest BCUT2D eigenvalue weighted by atomic mass is 9.99. The molecule has 1 atom stereocenters. The van der Waals surface area contributed by atoms with Gasteiger partial charge in [-0.2, -0.15) is 0 Å². The molecule has 0 radical (unpaired) electrons. The van der Waals surface area contributed by atoms with Crippen molar-refractivity contribution in [2.45, 2.75) is 39.8 Å². The van der Waals surface area contributed by atoms with E-state index in [9.17, 15) is 9.90 Å². The molecule has 0 saturated carbocycles. The Balaban J connectivity index is 1.25. The zero-order valence-electron chi connectivity index (χ0n) is 25.0. The van der Waals surface area contributed by atoms with E-state index in [0.717, 1.165) is 50.0 Å². The van der Waals surface area contributed by atoms with Crippen LogP contribution in [0.25, 0.3) is 5.00 Å².